The highest BCUT2D eigenvalue weighted by molar-refractivity contribution is 6.10. The monoisotopic (exact) mass is 364 g/mol. The third-order valence-electron chi connectivity index (χ3n) is 4.54. The Labute approximate surface area is 144 Å². The standard InChI is InChI=1S/C19H13F5N2/c1-2-3-4-11-7-9-5-6-10(20)8-12(9)19-13-14(21)15(22)16(23)17(24)18(13)25-26(11)19/h5-8H,2-4H2,1H3. The molecule has 2 aromatic heterocycles. The van der Waals surface area contributed by atoms with Crippen molar-refractivity contribution >= 4 is 27.2 Å². The number of benzene rings is 2. The molecule has 2 nitrogen and oxygen atoms in total. The van der Waals surface area contributed by atoms with Crippen molar-refractivity contribution < 1.29 is 22.0 Å². The van der Waals surface area contributed by atoms with Crippen LogP contribution in [-0.4, -0.2) is 9.61 Å². The number of halogens is 5. The summed E-state index contributed by atoms with van der Waals surface area (Å²) in [5.41, 5.74) is 0.0334. The molecule has 4 rings (SSSR count). The molecule has 134 valence electrons. The number of hydrogen-bond donors (Lipinski definition) is 0. The van der Waals surface area contributed by atoms with Crippen molar-refractivity contribution in [3.05, 3.63) is 59.0 Å². The van der Waals surface area contributed by atoms with Gasteiger partial charge >= 0.3 is 0 Å². The van der Waals surface area contributed by atoms with Crippen molar-refractivity contribution in [2.24, 2.45) is 0 Å². The summed E-state index contributed by atoms with van der Waals surface area (Å²) in [5.74, 6) is -7.50. The van der Waals surface area contributed by atoms with Gasteiger partial charge in [-0.05, 0) is 36.4 Å². The Balaban J connectivity index is 2.27. The maximum atomic E-state index is 14.5. The van der Waals surface area contributed by atoms with Gasteiger partial charge in [0.25, 0.3) is 0 Å². The van der Waals surface area contributed by atoms with Crippen LogP contribution in [0.3, 0.4) is 0 Å². The molecule has 0 fully saturated rings. The van der Waals surface area contributed by atoms with Crippen molar-refractivity contribution in [2.75, 3.05) is 0 Å². The summed E-state index contributed by atoms with van der Waals surface area (Å²) >= 11 is 0. The van der Waals surface area contributed by atoms with Crippen LogP contribution in [0.4, 0.5) is 22.0 Å². The summed E-state index contributed by atoms with van der Waals surface area (Å²) < 4.78 is 71.2. The van der Waals surface area contributed by atoms with Crippen LogP contribution in [0.25, 0.3) is 27.2 Å². The van der Waals surface area contributed by atoms with E-state index < -0.39 is 40.0 Å². The smallest absolute Gasteiger partial charge is 0.199 e. The highest BCUT2D eigenvalue weighted by Crippen LogP contribution is 2.34. The molecule has 0 N–H and O–H groups in total. The molecule has 0 atom stereocenters. The van der Waals surface area contributed by atoms with Gasteiger partial charge in [0.05, 0.1) is 10.9 Å². The summed E-state index contributed by atoms with van der Waals surface area (Å²) in [7, 11) is 0. The minimum Gasteiger partial charge on any atom is -0.236 e. The lowest BCUT2D eigenvalue weighted by atomic mass is 10.0. The van der Waals surface area contributed by atoms with Gasteiger partial charge in [-0.15, -0.1) is 0 Å². The number of aromatic nitrogens is 2. The highest BCUT2D eigenvalue weighted by atomic mass is 19.2. The van der Waals surface area contributed by atoms with Crippen molar-refractivity contribution in [3.63, 3.8) is 0 Å². The number of aryl methyl sites for hydroxylation is 1. The summed E-state index contributed by atoms with van der Waals surface area (Å²) in [5, 5.41) is 4.32. The first-order chi connectivity index (χ1) is 12.4. The van der Waals surface area contributed by atoms with Gasteiger partial charge < -0.3 is 0 Å². The van der Waals surface area contributed by atoms with Gasteiger partial charge in [-0.2, -0.15) is 5.10 Å². The molecule has 0 aliphatic rings. The van der Waals surface area contributed by atoms with Gasteiger partial charge in [-0.1, -0.05) is 19.4 Å². The second-order valence-corrected chi connectivity index (χ2v) is 6.21. The third kappa shape index (κ3) is 2.26. The molecule has 0 aliphatic heterocycles. The molecule has 0 spiro atoms. The zero-order chi connectivity index (χ0) is 18.6. The second-order valence-electron chi connectivity index (χ2n) is 6.21. The Morgan fingerprint density at radius 3 is 2.38 bits per heavy atom. The summed E-state index contributed by atoms with van der Waals surface area (Å²) in [6.45, 7) is 1.98. The van der Waals surface area contributed by atoms with Gasteiger partial charge in [-0.3, -0.25) is 0 Å². The average Bonchev–Trinajstić information content (AvgIpc) is 3.04. The van der Waals surface area contributed by atoms with Gasteiger partial charge in [-0.25, -0.2) is 26.5 Å². The van der Waals surface area contributed by atoms with Crippen molar-refractivity contribution in [2.45, 2.75) is 26.2 Å². The van der Waals surface area contributed by atoms with E-state index in [1.165, 1.54) is 16.6 Å². The van der Waals surface area contributed by atoms with E-state index in [9.17, 15) is 22.0 Å². The molecule has 7 heteroatoms. The van der Waals surface area contributed by atoms with Gasteiger partial charge in [0.2, 0.25) is 0 Å². The zero-order valence-corrected chi connectivity index (χ0v) is 13.7. The molecule has 0 saturated carbocycles. The van der Waals surface area contributed by atoms with E-state index in [-0.39, 0.29) is 10.9 Å². The van der Waals surface area contributed by atoms with Crippen LogP contribution < -0.4 is 0 Å². The predicted octanol–water partition coefficient (Wildman–Crippen LogP) is 5.68. The number of pyridine rings is 1. The van der Waals surface area contributed by atoms with E-state index in [2.05, 4.69) is 5.10 Å². The number of fused-ring (bicyclic) bond motifs is 5. The first-order valence-corrected chi connectivity index (χ1v) is 8.19. The van der Waals surface area contributed by atoms with Crippen molar-refractivity contribution in [1.82, 2.24) is 9.61 Å². The summed E-state index contributed by atoms with van der Waals surface area (Å²) in [4.78, 5) is 0. The van der Waals surface area contributed by atoms with E-state index in [1.54, 1.807) is 6.07 Å². The fourth-order valence-corrected chi connectivity index (χ4v) is 3.28. The van der Waals surface area contributed by atoms with Crippen LogP contribution in [0.5, 0.6) is 0 Å². The van der Waals surface area contributed by atoms with Crippen LogP contribution in [0, 0.1) is 29.1 Å². The largest absolute Gasteiger partial charge is 0.236 e. The molecular weight excluding hydrogens is 351 g/mol. The highest BCUT2D eigenvalue weighted by Gasteiger charge is 2.26. The Morgan fingerprint density at radius 2 is 1.65 bits per heavy atom. The topological polar surface area (TPSA) is 17.3 Å². The van der Waals surface area contributed by atoms with Crippen molar-refractivity contribution in [1.29, 1.82) is 0 Å². The van der Waals surface area contributed by atoms with Gasteiger partial charge in [0.1, 0.15) is 11.3 Å². The summed E-state index contributed by atoms with van der Waals surface area (Å²) in [6, 6.07) is 5.64. The average molecular weight is 364 g/mol. The lowest BCUT2D eigenvalue weighted by Gasteiger charge is -2.09. The zero-order valence-electron chi connectivity index (χ0n) is 13.7. The van der Waals surface area contributed by atoms with E-state index in [4.69, 9.17) is 0 Å². The molecule has 4 aromatic rings. The van der Waals surface area contributed by atoms with Gasteiger partial charge in [0.15, 0.2) is 23.3 Å². The molecule has 26 heavy (non-hydrogen) atoms. The Bertz CT molecular complexity index is 1180. The fourth-order valence-electron chi connectivity index (χ4n) is 3.28. The predicted molar refractivity (Wildman–Crippen MR) is 88.6 cm³/mol. The second kappa shape index (κ2) is 5.93. The lowest BCUT2D eigenvalue weighted by molar-refractivity contribution is 0.417. The summed E-state index contributed by atoms with van der Waals surface area (Å²) in [6.07, 6.45) is 2.20. The van der Waals surface area contributed by atoms with Gasteiger partial charge in [0, 0.05) is 11.1 Å². The van der Waals surface area contributed by atoms with Crippen LogP contribution in [0.1, 0.15) is 25.5 Å². The molecule has 0 bridgehead atoms. The van der Waals surface area contributed by atoms with E-state index in [0.29, 0.717) is 17.5 Å². The van der Waals surface area contributed by atoms with Crippen LogP contribution in [0.2, 0.25) is 0 Å². The number of unbranched alkanes of at least 4 members (excludes halogenated alkanes) is 1. The number of nitrogens with zero attached hydrogens (tertiary/aromatic N) is 2. The molecule has 0 saturated heterocycles. The molecule has 0 radical (unpaired) electrons. The van der Waals surface area contributed by atoms with E-state index >= 15 is 0 Å². The minimum atomic E-state index is -1.91. The normalized spacial score (nSPS) is 11.9. The molecule has 0 unspecified atom stereocenters. The Morgan fingerprint density at radius 1 is 0.923 bits per heavy atom. The first kappa shape index (κ1) is 16.8. The Kier molecular flexibility index (Phi) is 3.82. The third-order valence-corrected chi connectivity index (χ3v) is 4.54. The maximum Gasteiger partial charge on any atom is 0.199 e. The Hall–Kier alpha value is -2.70. The first-order valence-electron chi connectivity index (χ1n) is 8.19. The van der Waals surface area contributed by atoms with Crippen molar-refractivity contribution in [3.8, 4) is 0 Å². The molecule has 0 amide bonds. The lowest BCUT2D eigenvalue weighted by Crippen LogP contribution is -2.00. The molecule has 2 heterocycles. The maximum absolute atomic E-state index is 14.5. The van der Waals surface area contributed by atoms with Crippen LogP contribution in [-0.2, 0) is 6.42 Å². The minimum absolute atomic E-state index is 0.0263. The molecule has 2 aromatic carbocycles. The SMILES string of the molecule is CCCCc1cc2ccc(F)cc2c2c3c(F)c(F)c(F)c(F)c3nn12. The molecule has 0 aliphatic carbocycles. The quantitative estimate of drug-likeness (QED) is 0.260. The van der Waals surface area contributed by atoms with Crippen LogP contribution >= 0.6 is 0 Å². The van der Waals surface area contributed by atoms with Crippen LogP contribution in [0.15, 0.2) is 24.3 Å². The fraction of sp³-hybridized carbons (Fsp3) is 0.211. The number of rotatable bonds is 3. The van der Waals surface area contributed by atoms with E-state index in [1.807, 2.05) is 6.92 Å². The molecular formula is C19H13F5N2. The number of hydrogen-bond acceptors (Lipinski definition) is 1. The van der Waals surface area contributed by atoms with E-state index in [0.717, 1.165) is 18.9 Å².